The summed E-state index contributed by atoms with van der Waals surface area (Å²) >= 11 is 3.52. The van der Waals surface area contributed by atoms with Crippen molar-refractivity contribution in [2.45, 2.75) is 33.6 Å². The second kappa shape index (κ2) is 7.28. The largest absolute Gasteiger partial charge is 0.311 e. The Labute approximate surface area is 157 Å². The molecule has 3 rings (SSSR count). The Hall–Kier alpha value is -1.68. The van der Waals surface area contributed by atoms with Crippen molar-refractivity contribution in [1.82, 2.24) is 0 Å². The van der Waals surface area contributed by atoms with Gasteiger partial charge in [0, 0.05) is 22.6 Å². The molecule has 0 N–H and O–H groups in total. The number of hydrogen-bond acceptors (Lipinski definition) is 1. The highest BCUT2D eigenvalue weighted by Gasteiger charge is 2.34. The Morgan fingerprint density at radius 3 is 2.48 bits per heavy atom. The van der Waals surface area contributed by atoms with Gasteiger partial charge in [0.25, 0.3) is 0 Å². The number of piperidine rings is 1. The summed E-state index contributed by atoms with van der Waals surface area (Å²) in [4.78, 5) is 14.7. The molecule has 0 saturated carbocycles. The number of rotatable bonds is 3. The Bertz CT molecular complexity index is 781. The van der Waals surface area contributed by atoms with Gasteiger partial charge in [-0.05, 0) is 67.5 Å². The molecule has 0 unspecified atom stereocenters. The zero-order valence-electron chi connectivity index (χ0n) is 14.9. The van der Waals surface area contributed by atoms with Gasteiger partial charge in [0.05, 0.1) is 0 Å². The van der Waals surface area contributed by atoms with Crippen LogP contribution >= 0.6 is 15.9 Å². The van der Waals surface area contributed by atoms with E-state index in [0.29, 0.717) is 13.0 Å². The molecule has 132 valence electrons. The van der Waals surface area contributed by atoms with Gasteiger partial charge in [-0.15, -0.1) is 0 Å². The Morgan fingerprint density at radius 1 is 1.20 bits per heavy atom. The summed E-state index contributed by atoms with van der Waals surface area (Å²) in [5, 5.41) is 0. The van der Waals surface area contributed by atoms with Crippen molar-refractivity contribution in [2.75, 3.05) is 11.4 Å². The number of aryl methyl sites for hydroxylation is 2. The van der Waals surface area contributed by atoms with Crippen molar-refractivity contribution in [2.24, 2.45) is 11.8 Å². The van der Waals surface area contributed by atoms with Crippen LogP contribution in [0.4, 0.5) is 10.1 Å². The number of benzene rings is 2. The Kier molecular flexibility index (Phi) is 5.28. The van der Waals surface area contributed by atoms with Gasteiger partial charge in [-0.1, -0.05) is 41.1 Å². The lowest BCUT2D eigenvalue weighted by atomic mass is 9.84. The van der Waals surface area contributed by atoms with Crippen LogP contribution in [0.3, 0.4) is 0 Å². The summed E-state index contributed by atoms with van der Waals surface area (Å²) in [5.74, 6) is 0.216. The zero-order chi connectivity index (χ0) is 18.1. The number of carbonyl (C=O) groups excluding carboxylic acids is 1. The maximum atomic E-state index is 14.0. The molecular weight excluding hydrogens is 381 g/mol. The van der Waals surface area contributed by atoms with Gasteiger partial charge in [0.1, 0.15) is 5.82 Å². The average molecular weight is 404 g/mol. The molecule has 1 heterocycles. The summed E-state index contributed by atoms with van der Waals surface area (Å²) < 4.78 is 15.0. The molecule has 1 saturated heterocycles. The summed E-state index contributed by atoms with van der Waals surface area (Å²) in [6, 6.07) is 11.0. The van der Waals surface area contributed by atoms with E-state index < -0.39 is 0 Å². The third-order valence-corrected chi connectivity index (χ3v) is 5.47. The van der Waals surface area contributed by atoms with Crippen molar-refractivity contribution in [3.63, 3.8) is 0 Å². The van der Waals surface area contributed by atoms with E-state index in [4.69, 9.17) is 0 Å². The Morgan fingerprint density at radius 2 is 1.84 bits per heavy atom. The molecule has 1 amide bonds. The maximum absolute atomic E-state index is 14.0. The number of amides is 1. The quantitative estimate of drug-likeness (QED) is 0.668. The summed E-state index contributed by atoms with van der Waals surface area (Å²) in [5.41, 5.74) is 3.90. The minimum atomic E-state index is -0.158. The van der Waals surface area contributed by atoms with E-state index >= 15 is 0 Å². The highest BCUT2D eigenvalue weighted by atomic mass is 79.9. The van der Waals surface area contributed by atoms with Gasteiger partial charge >= 0.3 is 0 Å². The van der Waals surface area contributed by atoms with E-state index in [1.807, 2.05) is 49.9 Å². The van der Waals surface area contributed by atoms with Crippen LogP contribution in [-0.2, 0) is 11.2 Å². The minimum absolute atomic E-state index is 0.0482. The number of anilines is 1. The van der Waals surface area contributed by atoms with Crippen LogP contribution in [0, 0.1) is 31.5 Å². The van der Waals surface area contributed by atoms with Crippen LogP contribution < -0.4 is 4.90 Å². The van der Waals surface area contributed by atoms with Crippen molar-refractivity contribution in [3.05, 3.63) is 63.4 Å². The number of hydrogen-bond donors (Lipinski definition) is 0. The first-order chi connectivity index (χ1) is 11.9. The van der Waals surface area contributed by atoms with E-state index in [0.717, 1.165) is 33.3 Å². The summed E-state index contributed by atoms with van der Waals surface area (Å²) in [6.45, 7) is 6.68. The molecule has 25 heavy (non-hydrogen) atoms. The highest BCUT2D eigenvalue weighted by molar-refractivity contribution is 9.10. The fraction of sp³-hybridized carbons (Fsp3) is 0.381. The molecule has 2 atom stereocenters. The lowest BCUT2D eigenvalue weighted by molar-refractivity contribution is -0.124. The van der Waals surface area contributed by atoms with Crippen LogP contribution in [0.1, 0.15) is 30.0 Å². The van der Waals surface area contributed by atoms with Crippen molar-refractivity contribution >= 4 is 27.5 Å². The molecule has 0 aromatic heterocycles. The second-order valence-corrected chi connectivity index (χ2v) is 8.05. The van der Waals surface area contributed by atoms with Crippen LogP contribution in [0.2, 0.25) is 0 Å². The number of nitrogens with zero attached hydrogens (tertiary/aromatic N) is 1. The molecule has 0 spiro atoms. The van der Waals surface area contributed by atoms with E-state index in [2.05, 4.69) is 15.9 Å². The first kappa shape index (κ1) is 18.1. The average Bonchev–Trinajstić information content (AvgIpc) is 2.53. The lowest BCUT2D eigenvalue weighted by Gasteiger charge is -2.38. The van der Waals surface area contributed by atoms with Crippen LogP contribution in [-0.4, -0.2) is 12.5 Å². The standard InChI is InChI=1S/C21H23BrFNO/c1-13-9-18(22)10-14(2)20(13)24-12-16(8-15(3)21(24)25)11-17-6-4-5-7-19(17)23/h4-7,9-10,15-16H,8,11-12H2,1-3H3/t15-,16-/m1/s1. The molecule has 1 fully saturated rings. The summed E-state index contributed by atoms with van der Waals surface area (Å²) in [7, 11) is 0. The van der Waals surface area contributed by atoms with E-state index in [1.165, 1.54) is 6.07 Å². The Balaban J connectivity index is 1.90. The molecule has 2 aromatic carbocycles. The monoisotopic (exact) mass is 403 g/mol. The maximum Gasteiger partial charge on any atom is 0.229 e. The first-order valence-corrected chi connectivity index (χ1v) is 9.47. The third kappa shape index (κ3) is 3.79. The van der Waals surface area contributed by atoms with Crippen molar-refractivity contribution in [3.8, 4) is 0 Å². The van der Waals surface area contributed by atoms with Crippen LogP contribution in [0.15, 0.2) is 40.9 Å². The molecule has 1 aliphatic rings. The molecule has 2 aromatic rings. The highest BCUT2D eigenvalue weighted by Crippen LogP contribution is 2.35. The summed E-state index contributed by atoms with van der Waals surface area (Å²) in [6.07, 6.45) is 1.47. The molecule has 0 radical (unpaired) electrons. The third-order valence-electron chi connectivity index (χ3n) is 5.01. The normalized spacial score (nSPS) is 20.8. The van der Waals surface area contributed by atoms with Gasteiger partial charge in [0.15, 0.2) is 0 Å². The minimum Gasteiger partial charge on any atom is -0.311 e. The predicted molar refractivity (Wildman–Crippen MR) is 103 cm³/mol. The predicted octanol–water partition coefficient (Wildman–Crippen LogP) is 5.44. The number of carbonyl (C=O) groups is 1. The fourth-order valence-electron chi connectivity index (χ4n) is 3.94. The van der Waals surface area contributed by atoms with Gasteiger partial charge in [-0.25, -0.2) is 4.39 Å². The smallest absolute Gasteiger partial charge is 0.229 e. The van der Waals surface area contributed by atoms with Gasteiger partial charge < -0.3 is 4.90 Å². The molecule has 0 aliphatic carbocycles. The molecular formula is C21H23BrFNO. The molecule has 0 bridgehead atoms. The molecule has 4 heteroatoms. The topological polar surface area (TPSA) is 20.3 Å². The van der Waals surface area contributed by atoms with Crippen LogP contribution in [0.25, 0.3) is 0 Å². The van der Waals surface area contributed by atoms with Gasteiger partial charge in [0.2, 0.25) is 5.91 Å². The van der Waals surface area contributed by atoms with E-state index in [9.17, 15) is 9.18 Å². The van der Waals surface area contributed by atoms with Gasteiger partial charge in [-0.3, -0.25) is 4.79 Å². The molecule has 2 nitrogen and oxygen atoms in total. The lowest BCUT2D eigenvalue weighted by Crippen LogP contribution is -2.46. The first-order valence-electron chi connectivity index (χ1n) is 8.68. The van der Waals surface area contributed by atoms with E-state index in [1.54, 1.807) is 6.07 Å². The van der Waals surface area contributed by atoms with Crippen molar-refractivity contribution in [1.29, 1.82) is 0 Å². The fourth-order valence-corrected chi connectivity index (χ4v) is 4.63. The van der Waals surface area contributed by atoms with Gasteiger partial charge in [-0.2, -0.15) is 0 Å². The SMILES string of the molecule is Cc1cc(Br)cc(C)c1N1C[C@@H](Cc2ccccc2F)C[C@@H](C)C1=O. The number of halogens is 2. The van der Waals surface area contributed by atoms with Crippen molar-refractivity contribution < 1.29 is 9.18 Å². The van der Waals surface area contributed by atoms with E-state index in [-0.39, 0.29) is 23.6 Å². The molecule has 1 aliphatic heterocycles. The zero-order valence-corrected chi connectivity index (χ0v) is 16.4. The van der Waals surface area contributed by atoms with Crippen LogP contribution in [0.5, 0.6) is 0 Å². The second-order valence-electron chi connectivity index (χ2n) is 7.14.